The van der Waals surface area contributed by atoms with Crippen LogP contribution in [-0.2, 0) is 4.74 Å². The van der Waals surface area contributed by atoms with Gasteiger partial charge in [-0.25, -0.2) is 0 Å². The van der Waals surface area contributed by atoms with Crippen molar-refractivity contribution in [1.82, 2.24) is 0 Å². The van der Waals surface area contributed by atoms with Crippen molar-refractivity contribution in [3.8, 4) is 0 Å². The first kappa shape index (κ1) is 7.35. The van der Waals surface area contributed by atoms with E-state index in [1.807, 2.05) is 0 Å². The SMILES string of the molecule is CC(C)C1=C[C@H]2O[C@]2(C)CC1. The molecule has 2 atom stereocenters. The zero-order valence-electron chi connectivity index (χ0n) is 7.55. The predicted molar refractivity (Wildman–Crippen MR) is 45.4 cm³/mol. The van der Waals surface area contributed by atoms with E-state index in [4.69, 9.17) is 4.74 Å². The van der Waals surface area contributed by atoms with Crippen LogP contribution in [-0.4, -0.2) is 11.7 Å². The van der Waals surface area contributed by atoms with Gasteiger partial charge < -0.3 is 4.74 Å². The third kappa shape index (κ3) is 1.12. The molecule has 1 nitrogen and oxygen atoms in total. The average molecular weight is 152 g/mol. The number of fused-ring (bicyclic) bond motifs is 1. The molecule has 62 valence electrons. The fourth-order valence-corrected chi connectivity index (χ4v) is 1.82. The zero-order chi connectivity index (χ0) is 8.06. The zero-order valence-corrected chi connectivity index (χ0v) is 7.55. The van der Waals surface area contributed by atoms with Crippen molar-refractivity contribution in [3.63, 3.8) is 0 Å². The van der Waals surface area contributed by atoms with E-state index in [1.54, 1.807) is 5.57 Å². The summed E-state index contributed by atoms with van der Waals surface area (Å²) in [4.78, 5) is 0. The molecule has 0 bridgehead atoms. The topological polar surface area (TPSA) is 12.5 Å². The summed E-state index contributed by atoms with van der Waals surface area (Å²) in [5, 5.41) is 0. The standard InChI is InChI=1S/C10H16O/c1-7(2)8-4-5-10(3)9(6-8)11-10/h6-7,9H,4-5H2,1-3H3/t9-,10-/m1/s1. The van der Waals surface area contributed by atoms with E-state index in [9.17, 15) is 0 Å². The molecule has 1 heterocycles. The summed E-state index contributed by atoms with van der Waals surface area (Å²) in [7, 11) is 0. The van der Waals surface area contributed by atoms with Crippen molar-refractivity contribution < 1.29 is 4.74 Å². The van der Waals surface area contributed by atoms with Crippen LogP contribution in [0.3, 0.4) is 0 Å². The molecule has 11 heavy (non-hydrogen) atoms. The van der Waals surface area contributed by atoms with Gasteiger partial charge in [-0.2, -0.15) is 0 Å². The number of rotatable bonds is 1. The van der Waals surface area contributed by atoms with Gasteiger partial charge in [0.25, 0.3) is 0 Å². The highest BCUT2D eigenvalue weighted by atomic mass is 16.6. The van der Waals surface area contributed by atoms with Crippen LogP contribution < -0.4 is 0 Å². The molecule has 1 aliphatic carbocycles. The summed E-state index contributed by atoms with van der Waals surface area (Å²) in [6.07, 6.45) is 5.24. The van der Waals surface area contributed by atoms with Gasteiger partial charge in [0.1, 0.15) is 6.10 Å². The first-order valence-corrected chi connectivity index (χ1v) is 4.50. The summed E-state index contributed by atoms with van der Waals surface area (Å²) in [5.74, 6) is 0.712. The predicted octanol–water partition coefficient (Wildman–Crippen LogP) is 2.52. The van der Waals surface area contributed by atoms with Gasteiger partial charge in [-0.15, -0.1) is 0 Å². The third-order valence-corrected chi connectivity index (χ3v) is 2.96. The van der Waals surface area contributed by atoms with Crippen molar-refractivity contribution in [2.75, 3.05) is 0 Å². The monoisotopic (exact) mass is 152 g/mol. The maximum absolute atomic E-state index is 5.57. The van der Waals surface area contributed by atoms with E-state index in [2.05, 4.69) is 26.8 Å². The molecular weight excluding hydrogens is 136 g/mol. The number of allylic oxidation sites excluding steroid dienone is 1. The van der Waals surface area contributed by atoms with Crippen LogP contribution in [0.25, 0.3) is 0 Å². The largest absolute Gasteiger partial charge is 0.362 e. The Bertz CT molecular complexity index is 205. The lowest BCUT2D eigenvalue weighted by Gasteiger charge is -2.16. The Balaban J connectivity index is 2.11. The van der Waals surface area contributed by atoms with Gasteiger partial charge in [0.05, 0.1) is 5.60 Å². The van der Waals surface area contributed by atoms with Gasteiger partial charge >= 0.3 is 0 Å². The van der Waals surface area contributed by atoms with E-state index in [0.29, 0.717) is 12.0 Å². The molecule has 0 radical (unpaired) electrons. The molecule has 0 aromatic rings. The summed E-state index contributed by atoms with van der Waals surface area (Å²) < 4.78 is 5.57. The summed E-state index contributed by atoms with van der Waals surface area (Å²) >= 11 is 0. The van der Waals surface area contributed by atoms with Crippen LogP contribution in [0.5, 0.6) is 0 Å². The molecule has 2 aliphatic rings. The molecule has 2 rings (SSSR count). The second-order valence-corrected chi connectivity index (χ2v) is 4.25. The smallest absolute Gasteiger partial charge is 0.105 e. The molecule has 1 aliphatic heterocycles. The maximum atomic E-state index is 5.57. The highest BCUT2D eigenvalue weighted by Crippen LogP contribution is 2.46. The van der Waals surface area contributed by atoms with Crippen LogP contribution in [0.4, 0.5) is 0 Å². The lowest BCUT2D eigenvalue weighted by molar-refractivity contribution is 0.305. The van der Waals surface area contributed by atoms with E-state index in [1.165, 1.54) is 12.8 Å². The molecule has 0 spiro atoms. The van der Waals surface area contributed by atoms with Crippen molar-refractivity contribution >= 4 is 0 Å². The van der Waals surface area contributed by atoms with Gasteiger partial charge in [0.15, 0.2) is 0 Å². The van der Waals surface area contributed by atoms with Crippen LogP contribution in [0.2, 0.25) is 0 Å². The number of hydrogen-bond donors (Lipinski definition) is 0. The lowest BCUT2D eigenvalue weighted by atomic mass is 9.86. The van der Waals surface area contributed by atoms with Crippen LogP contribution in [0.15, 0.2) is 11.6 Å². The van der Waals surface area contributed by atoms with E-state index in [0.717, 1.165) is 0 Å². The fourth-order valence-electron chi connectivity index (χ4n) is 1.82. The van der Waals surface area contributed by atoms with Crippen LogP contribution in [0.1, 0.15) is 33.6 Å². The molecule has 0 aromatic heterocycles. The molecule has 0 amide bonds. The minimum absolute atomic E-state index is 0.235. The van der Waals surface area contributed by atoms with E-state index >= 15 is 0 Å². The molecule has 0 unspecified atom stereocenters. The average Bonchev–Trinajstić information content (AvgIpc) is 2.58. The van der Waals surface area contributed by atoms with Gasteiger partial charge in [-0.3, -0.25) is 0 Å². The Morgan fingerprint density at radius 3 is 2.91 bits per heavy atom. The Kier molecular flexibility index (Phi) is 1.40. The Morgan fingerprint density at radius 2 is 2.36 bits per heavy atom. The van der Waals surface area contributed by atoms with Crippen molar-refractivity contribution in [2.24, 2.45) is 5.92 Å². The van der Waals surface area contributed by atoms with Gasteiger partial charge in [-0.1, -0.05) is 25.5 Å². The fraction of sp³-hybridized carbons (Fsp3) is 0.800. The van der Waals surface area contributed by atoms with Gasteiger partial charge in [0, 0.05) is 0 Å². The normalized spacial score (nSPS) is 41.8. The third-order valence-electron chi connectivity index (χ3n) is 2.96. The Morgan fingerprint density at radius 1 is 1.64 bits per heavy atom. The van der Waals surface area contributed by atoms with E-state index in [-0.39, 0.29) is 5.60 Å². The maximum Gasteiger partial charge on any atom is 0.105 e. The highest BCUT2D eigenvalue weighted by Gasteiger charge is 2.52. The molecule has 0 N–H and O–H groups in total. The molecule has 0 saturated carbocycles. The molecule has 1 heteroatoms. The quantitative estimate of drug-likeness (QED) is 0.415. The van der Waals surface area contributed by atoms with Crippen LogP contribution >= 0.6 is 0 Å². The van der Waals surface area contributed by atoms with Gasteiger partial charge in [-0.05, 0) is 25.7 Å². The number of epoxide rings is 1. The Labute approximate surface area is 68.4 Å². The number of hydrogen-bond acceptors (Lipinski definition) is 1. The van der Waals surface area contributed by atoms with Crippen molar-refractivity contribution in [2.45, 2.75) is 45.3 Å². The second-order valence-electron chi connectivity index (χ2n) is 4.25. The first-order valence-electron chi connectivity index (χ1n) is 4.50. The molecule has 0 aromatic carbocycles. The highest BCUT2D eigenvalue weighted by molar-refractivity contribution is 5.23. The van der Waals surface area contributed by atoms with Gasteiger partial charge in [0.2, 0.25) is 0 Å². The van der Waals surface area contributed by atoms with Crippen molar-refractivity contribution in [3.05, 3.63) is 11.6 Å². The summed E-state index contributed by atoms with van der Waals surface area (Å²) in [6.45, 7) is 6.74. The molecule has 1 fully saturated rings. The first-order chi connectivity index (χ1) is 5.12. The van der Waals surface area contributed by atoms with Crippen molar-refractivity contribution in [1.29, 1.82) is 0 Å². The summed E-state index contributed by atoms with van der Waals surface area (Å²) in [6, 6.07) is 0. The second kappa shape index (κ2) is 2.10. The van der Waals surface area contributed by atoms with E-state index < -0.39 is 0 Å². The lowest BCUT2D eigenvalue weighted by Crippen LogP contribution is -2.15. The molecule has 1 saturated heterocycles. The minimum atomic E-state index is 0.235. The summed E-state index contributed by atoms with van der Waals surface area (Å²) in [5.41, 5.74) is 1.82. The Hall–Kier alpha value is -0.300. The van der Waals surface area contributed by atoms with Crippen LogP contribution in [0, 0.1) is 5.92 Å². The molecular formula is C10H16O. The minimum Gasteiger partial charge on any atom is -0.362 e. The number of ether oxygens (including phenoxy) is 1.